The quantitative estimate of drug-likeness (QED) is 0.702. The monoisotopic (exact) mass is 181 g/mol. The van der Waals surface area contributed by atoms with E-state index in [4.69, 9.17) is 0 Å². The molecule has 0 aromatic carbocycles. The van der Waals surface area contributed by atoms with Gasteiger partial charge < -0.3 is 5.32 Å². The summed E-state index contributed by atoms with van der Waals surface area (Å²) in [6.07, 6.45) is 0. The standard InChI is InChI=1S/C10H15NS/c1-7(2)9-6-11-5-8-3-4-12-10(8)9/h3-4,7,9,11H,5-6H2,1-2H3. The van der Waals surface area contributed by atoms with Gasteiger partial charge >= 0.3 is 0 Å². The van der Waals surface area contributed by atoms with Crippen LogP contribution in [0.4, 0.5) is 0 Å². The Morgan fingerprint density at radius 3 is 3.17 bits per heavy atom. The molecule has 1 aromatic rings. The van der Waals surface area contributed by atoms with E-state index in [1.807, 2.05) is 11.3 Å². The maximum Gasteiger partial charge on any atom is 0.0216 e. The Morgan fingerprint density at radius 1 is 1.58 bits per heavy atom. The van der Waals surface area contributed by atoms with E-state index < -0.39 is 0 Å². The first-order chi connectivity index (χ1) is 5.79. The van der Waals surface area contributed by atoms with Crippen LogP contribution in [0.25, 0.3) is 0 Å². The molecule has 0 amide bonds. The minimum absolute atomic E-state index is 0.744. The average Bonchev–Trinajstić information content (AvgIpc) is 2.49. The predicted octanol–water partition coefficient (Wildman–Crippen LogP) is 2.59. The molecule has 0 fully saturated rings. The van der Waals surface area contributed by atoms with Crippen LogP contribution in [0.5, 0.6) is 0 Å². The van der Waals surface area contributed by atoms with Crippen molar-refractivity contribution in [2.75, 3.05) is 6.54 Å². The third-order valence-electron chi connectivity index (χ3n) is 2.60. The predicted molar refractivity (Wildman–Crippen MR) is 53.6 cm³/mol. The Hall–Kier alpha value is -0.340. The van der Waals surface area contributed by atoms with Crippen LogP contribution in [0.1, 0.15) is 30.2 Å². The molecule has 1 aliphatic rings. The Kier molecular flexibility index (Phi) is 2.20. The summed E-state index contributed by atoms with van der Waals surface area (Å²) in [5, 5.41) is 5.68. The second-order valence-electron chi connectivity index (χ2n) is 3.79. The lowest BCUT2D eigenvalue weighted by molar-refractivity contribution is 0.443. The molecule has 2 rings (SSSR count). The summed E-state index contributed by atoms with van der Waals surface area (Å²) >= 11 is 1.92. The summed E-state index contributed by atoms with van der Waals surface area (Å²) in [6, 6.07) is 2.25. The van der Waals surface area contributed by atoms with Crippen molar-refractivity contribution in [3.63, 3.8) is 0 Å². The molecule has 66 valence electrons. The molecule has 1 unspecified atom stereocenters. The van der Waals surface area contributed by atoms with E-state index in [2.05, 4.69) is 30.6 Å². The van der Waals surface area contributed by atoms with Gasteiger partial charge in [-0.2, -0.15) is 0 Å². The van der Waals surface area contributed by atoms with Gasteiger partial charge in [-0.25, -0.2) is 0 Å². The molecule has 1 atom stereocenters. The molecule has 1 N–H and O–H groups in total. The first-order valence-corrected chi connectivity index (χ1v) is 5.44. The summed E-state index contributed by atoms with van der Waals surface area (Å²) in [7, 11) is 0. The maximum absolute atomic E-state index is 3.47. The van der Waals surface area contributed by atoms with Gasteiger partial charge in [0.25, 0.3) is 0 Å². The Labute approximate surface area is 77.8 Å². The van der Waals surface area contributed by atoms with Gasteiger partial charge in [-0.15, -0.1) is 11.3 Å². The summed E-state index contributed by atoms with van der Waals surface area (Å²) < 4.78 is 0. The van der Waals surface area contributed by atoms with E-state index in [1.165, 1.54) is 5.56 Å². The van der Waals surface area contributed by atoms with Crippen LogP contribution in [0.15, 0.2) is 11.4 Å². The van der Waals surface area contributed by atoms with Gasteiger partial charge in [0.05, 0.1) is 0 Å². The molecular formula is C10H15NS. The van der Waals surface area contributed by atoms with Crippen molar-refractivity contribution in [1.82, 2.24) is 5.32 Å². The zero-order valence-corrected chi connectivity index (χ0v) is 8.45. The van der Waals surface area contributed by atoms with Crippen LogP contribution >= 0.6 is 11.3 Å². The van der Waals surface area contributed by atoms with Gasteiger partial charge in [-0.05, 0) is 22.9 Å². The normalized spacial score (nSPS) is 22.8. The van der Waals surface area contributed by atoms with Crippen LogP contribution < -0.4 is 5.32 Å². The number of thiophene rings is 1. The Morgan fingerprint density at radius 2 is 2.42 bits per heavy atom. The summed E-state index contributed by atoms with van der Waals surface area (Å²) in [5.74, 6) is 1.50. The minimum atomic E-state index is 0.744. The van der Waals surface area contributed by atoms with Gasteiger partial charge in [-0.1, -0.05) is 13.8 Å². The highest BCUT2D eigenvalue weighted by atomic mass is 32.1. The smallest absolute Gasteiger partial charge is 0.0216 e. The molecule has 2 heterocycles. The average molecular weight is 181 g/mol. The van der Waals surface area contributed by atoms with Crippen molar-refractivity contribution in [2.45, 2.75) is 26.3 Å². The highest BCUT2D eigenvalue weighted by Gasteiger charge is 2.23. The van der Waals surface area contributed by atoms with Gasteiger partial charge in [0, 0.05) is 23.9 Å². The van der Waals surface area contributed by atoms with E-state index in [0.29, 0.717) is 0 Å². The number of hydrogen-bond donors (Lipinski definition) is 1. The van der Waals surface area contributed by atoms with E-state index in [0.717, 1.165) is 24.9 Å². The van der Waals surface area contributed by atoms with Crippen molar-refractivity contribution in [2.24, 2.45) is 5.92 Å². The molecule has 1 nitrogen and oxygen atoms in total. The van der Waals surface area contributed by atoms with Crippen LogP contribution in [0, 0.1) is 5.92 Å². The van der Waals surface area contributed by atoms with E-state index in [9.17, 15) is 0 Å². The van der Waals surface area contributed by atoms with Gasteiger partial charge in [0.1, 0.15) is 0 Å². The molecule has 2 heteroatoms. The first kappa shape index (κ1) is 8.27. The molecular weight excluding hydrogens is 166 g/mol. The number of hydrogen-bond acceptors (Lipinski definition) is 2. The van der Waals surface area contributed by atoms with Gasteiger partial charge in [0.2, 0.25) is 0 Å². The van der Waals surface area contributed by atoms with Crippen LogP contribution in [0.3, 0.4) is 0 Å². The molecule has 1 aliphatic heterocycles. The van der Waals surface area contributed by atoms with Gasteiger partial charge in [0.15, 0.2) is 0 Å². The molecule has 0 saturated carbocycles. The highest BCUT2D eigenvalue weighted by molar-refractivity contribution is 7.10. The largest absolute Gasteiger partial charge is 0.312 e. The molecule has 0 saturated heterocycles. The molecule has 1 aromatic heterocycles. The zero-order chi connectivity index (χ0) is 8.55. The fourth-order valence-corrected chi connectivity index (χ4v) is 3.01. The first-order valence-electron chi connectivity index (χ1n) is 4.56. The minimum Gasteiger partial charge on any atom is -0.312 e. The molecule has 0 spiro atoms. The number of fused-ring (bicyclic) bond motifs is 1. The van der Waals surface area contributed by atoms with Crippen molar-refractivity contribution in [3.05, 3.63) is 21.9 Å². The molecule has 0 aliphatic carbocycles. The third-order valence-corrected chi connectivity index (χ3v) is 3.69. The van der Waals surface area contributed by atoms with Crippen molar-refractivity contribution in [1.29, 1.82) is 0 Å². The summed E-state index contributed by atoms with van der Waals surface area (Å²) in [5.41, 5.74) is 1.52. The van der Waals surface area contributed by atoms with Crippen LogP contribution in [-0.2, 0) is 6.54 Å². The van der Waals surface area contributed by atoms with Crippen LogP contribution in [-0.4, -0.2) is 6.54 Å². The van der Waals surface area contributed by atoms with Crippen molar-refractivity contribution in [3.8, 4) is 0 Å². The summed E-state index contributed by atoms with van der Waals surface area (Å²) in [4.78, 5) is 1.61. The van der Waals surface area contributed by atoms with E-state index >= 15 is 0 Å². The zero-order valence-electron chi connectivity index (χ0n) is 7.63. The maximum atomic E-state index is 3.47. The Bertz CT molecular complexity index is 265. The fraction of sp³-hybridized carbons (Fsp3) is 0.600. The topological polar surface area (TPSA) is 12.0 Å². The fourth-order valence-electron chi connectivity index (χ4n) is 1.81. The molecule has 0 radical (unpaired) electrons. The number of rotatable bonds is 1. The lowest BCUT2D eigenvalue weighted by Gasteiger charge is -2.26. The van der Waals surface area contributed by atoms with Gasteiger partial charge in [-0.3, -0.25) is 0 Å². The van der Waals surface area contributed by atoms with Crippen LogP contribution in [0.2, 0.25) is 0 Å². The second kappa shape index (κ2) is 3.19. The molecule has 12 heavy (non-hydrogen) atoms. The van der Waals surface area contributed by atoms with E-state index in [-0.39, 0.29) is 0 Å². The van der Waals surface area contributed by atoms with Crippen molar-refractivity contribution >= 4 is 11.3 Å². The lowest BCUT2D eigenvalue weighted by Crippen LogP contribution is -2.29. The molecule has 0 bridgehead atoms. The van der Waals surface area contributed by atoms with Crippen molar-refractivity contribution < 1.29 is 0 Å². The SMILES string of the molecule is CC(C)C1CNCc2ccsc21. The number of nitrogens with one attached hydrogen (secondary N) is 1. The highest BCUT2D eigenvalue weighted by Crippen LogP contribution is 2.33. The Balaban J connectivity index is 2.31. The third kappa shape index (κ3) is 1.29. The second-order valence-corrected chi connectivity index (χ2v) is 4.74. The summed E-state index contributed by atoms with van der Waals surface area (Å²) in [6.45, 7) is 6.84. The lowest BCUT2D eigenvalue weighted by atomic mass is 9.90. The van der Waals surface area contributed by atoms with E-state index in [1.54, 1.807) is 4.88 Å².